The van der Waals surface area contributed by atoms with Crippen molar-refractivity contribution in [2.75, 3.05) is 0 Å². The lowest BCUT2D eigenvalue weighted by atomic mass is 9.86. The monoisotopic (exact) mass is 659 g/mol. The van der Waals surface area contributed by atoms with Gasteiger partial charge in [0.1, 0.15) is 0 Å². The van der Waals surface area contributed by atoms with E-state index in [0.29, 0.717) is 0 Å². The summed E-state index contributed by atoms with van der Waals surface area (Å²) in [4.78, 5) is 4.82. The second-order valence-electron chi connectivity index (χ2n) is 13.6. The first-order valence-electron chi connectivity index (χ1n) is 17.9. The van der Waals surface area contributed by atoms with E-state index in [0.717, 1.165) is 16.6 Å². The van der Waals surface area contributed by atoms with Crippen molar-refractivity contribution in [3.8, 4) is 55.8 Å². The molecule has 10 rings (SSSR count). The molecule has 0 amide bonds. The molecule has 0 bridgehead atoms. The highest BCUT2D eigenvalue weighted by Gasteiger charge is 2.16. The summed E-state index contributed by atoms with van der Waals surface area (Å²) in [6, 6.07) is 70.7. The first kappa shape index (κ1) is 30.0. The molecule has 52 heavy (non-hydrogen) atoms. The van der Waals surface area contributed by atoms with Gasteiger partial charge in [0.05, 0.1) is 5.69 Å². The Balaban J connectivity index is 1.16. The van der Waals surface area contributed by atoms with Crippen LogP contribution >= 0.6 is 0 Å². The van der Waals surface area contributed by atoms with Gasteiger partial charge in [0, 0.05) is 17.1 Å². The molecule has 10 aromatic rings. The van der Waals surface area contributed by atoms with Crippen LogP contribution in [0, 0.1) is 0 Å². The van der Waals surface area contributed by atoms with Crippen LogP contribution in [0.15, 0.2) is 200 Å². The van der Waals surface area contributed by atoms with Gasteiger partial charge in [0.15, 0.2) is 0 Å². The van der Waals surface area contributed by atoms with Crippen LogP contribution in [0.1, 0.15) is 0 Å². The molecule has 0 aliphatic carbocycles. The second kappa shape index (κ2) is 12.5. The number of fused-ring (bicyclic) bond motifs is 4. The third-order valence-corrected chi connectivity index (χ3v) is 10.5. The quantitative estimate of drug-likeness (QED) is 0.179. The predicted octanol–water partition coefficient (Wildman–Crippen LogP) is 14.0. The maximum atomic E-state index is 4.82. The summed E-state index contributed by atoms with van der Waals surface area (Å²) in [6.45, 7) is 0. The fraction of sp³-hybridized carbons (Fsp3) is 0. The Morgan fingerprint density at radius 2 is 0.769 bits per heavy atom. The van der Waals surface area contributed by atoms with Crippen molar-refractivity contribution < 1.29 is 0 Å². The Morgan fingerprint density at radius 3 is 1.50 bits per heavy atom. The van der Waals surface area contributed by atoms with Crippen molar-refractivity contribution in [2.24, 2.45) is 0 Å². The van der Waals surface area contributed by atoms with E-state index in [-0.39, 0.29) is 0 Å². The summed E-state index contributed by atoms with van der Waals surface area (Å²) in [7, 11) is 0. The van der Waals surface area contributed by atoms with Crippen LogP contribution in [0.25, 0.3) is 98.9 Å². The molecule has 0 saturated heterocycles. The van der Waals surface area contributed by atoms with Crippen molar-refractivity contribution in [3.63, 3.8) is 0 Å². The van der Waals surface area contributed by atoms with Crippen molar-refractivity contribution >= 4 is 43.1 Å². The van der Waals surface area contributed by atoms with Gasteiger partial charge in [-0.2, -0.15) is 0 Å². The van der Waals surface area contributed by atoms with Crippen LogP contribution in [-0.4, -0.2) is 4.98 Å². The molecule has 0 radical (unpaired) electrons. The van der Waals surface area contributed by atoms with Crippen LogP contribution in [0.4, 0.5) is 0 Å². The van der Waals surface area contributed by atoms with E-state index in [1.165, 1.54) is 82.2 Å². The molecular formula is C51H33N. The van der Waals surface area contributed by atoms with E-state index in [1.54, 1.807) is 0 Å². The molecule has 0 fully saturated rings. The lowest BCUT2D eigenvalue weighted by molar-refractivity contribution is 1.36. The summed E-state index contributed by atoms with van der Waals surface area (Å²) in [6.07, 6.45) is 1.91. The normalized spacial score (nSPS) is 11.5. The molecule has 0 aliphatic rings. The third-order valence-electron chi connectivity index (χ3n) is 10.5. The van der Waals surface area contributed by atoms with Gasteiger partial charge in [0.25, 0.3) is 0 Å². The number of benzene rings is 9. The Hall–Kier alpha value is -6.83. The van der Waals surface area contributed by atoms with E-state index in [2.05, 4.69) is 194 Å². The lowest BCUT2D eigenvalue weighted by Crippen LogP contribution is -1.91. The van der Waals surface area contributed by atoms with Gasteiger partial charge in [-0.1, -0.05) is 164 Å². The smallest absolute Gasteiger partial charge is 0.0780 e. The van der Waals surface area contributed by atoms with Crippen LogP contribution < -0.4 is 0 Å². The molecule has 0 spiro atoms. The minimum atomic E-state index is 1.01. The predicted molar refractivity (Wildman–Crippen MR) is 221 cm³/mol. The summed E-state index contributed by atoms with van der Waals surface area (Å²) in [5.74, 6) is 0. The molecule has 0 atom stereocenters. The van der Waals surface area contributed by atoms with Gasteiger partial charge in [-0.3, -0.25) is 4.98 Å². The van der Waals surface area contributed by atoms with Crippen molar-refractivity contribution in [1.29, 1.82) is 0 Å². The first-order valence-corrected chi connectivity index (χ1v) is 17.9. The van der Waals surface area contributed by atoms with Crippen LogP contribution in [-0.2, 0) is 0 Å². The van der Waals surface area contributed by atoms with E-state index in [9.17, 15) is 0 Å². The topological polar surface area (TPSA) is 12.9 Å². The van der Waals surface area contributed by atoms with Crippen molar-refractivity contribution in [1.82, 2.24) is 4.98 Å². The van der Waals surface area contributed by atoms with Crippen LogP contribution in [0.2, 0.25) is 0 Å². The van der Waals surface area contributed by atoms with Crippen LogP contribution in [0.3, 0.4) is 0 Å². The summed E-state index contributed by atoms with van der Waals surface area (Å²) in [5, 5.41) is 9.85. The fourth-order valence-corrected chi connectivity index (χ4v) is 7.92. The number of hydrogen-bond acceptors (Lipinski definition) is 1. The summed E-state index contributed by atoms with van der Waals surface area (Å²) in [5.41, 5.74) is 11.8. The Labute approximate surface area is 303 Å². The van der Waals surface area contributed by atoms with Crippen LogP contribution in [0.5, 0.6) is 0 Å². The Kier molecular flexibility index (Phi) is 7.22. The van der Waals surface area contributed by atoms with Gasteiger partial charge < -0.3 is 0 Å². The molecule has 1 heteroatoms. The van der Waals surface area contributed by atoms with Gasteiger partial charge in [-0.15, -0.1) is 0 Å². The highest BCUT2D eigenvalue weighted by atomic mass is 14.7. The molecule has 1 aromatic heterocycles. The minimum Gasteiger partial charge on any atom is -0.256 e. The van der Waals surface area contributed by atoms with Gasteiger partial charge in [-0.05, 0) is 113 Å². The number of hydrogen-bond donors (Lipinski definition) is 0. The van der Waals surface area contributed by atoms with E-state index in [1.807, 2.05) is 6.20 Å². The van der Waals surface area contributed by atoms with E-state index < -0.39 is 0 Å². The minimum absolute atomic E-state index is 1.01. The number of nitrogens with zero attached hydrogens (tertiary/aromatic N) is 1. The zero-order valence-corrected chi connectivity index (χ0v) is 28.5. The largest absolute Gasteiger partial charge is 0.256 e. The molecule has 1 heterocycles. The molecule has 0 aliphatic heterocycles. The van der Waals surface area contributed by atoms with Crippen molar-refractivity contribution in [2.45, 2.75) is 0 Å². The van der Waals surface area contributed by atoms with Gasteiger partial charge in [-0.25, -0.2) is 0 Å². The highest BCUT2D eigenvalue weighted by molar-refractivity contribution is 6.13. The molecule has 242 valence electrons. The zero-order valence-electron chi connectivity index (χ0n) is 28.5. The Morgan fingerprint density at radius 1 is 0.269 bits per heavy atom. The van der Waals surface area contributed by atoms with E-state index in [4.69, 9.17) is 4.98 Å². The fourth-order valence-electron chi connectivity index (χ4n) is 7.92. The third kappa shape index (κ3) is 5.23. The number of pyridine rings is 1. The standard InChI is InChI=1S/C51H33N/c1-3-13-37-30-42(24-22-34(37)10-1)45-26-27-47(50-46(20-9-21-49(45)50)43-25-23-35-11-2-4-14-38(35)31-43)41-17-7-15-39(32-41)40-16-8-18-44(33-40)51-48-19-6-5-12-36(48)28-29-52-51/h1-33H. The average molecular weight is 660 g/mol. The molecule has 1 nitrogen and oxygen atoms in total. The summed E-state index contributed by atoms with van der Waals surface area (Å²) < 4.78 is 0. The molecule has 0 N–H and O–H groups in total. The maximum absolute atomic E-state index is 4.82. The van der Waals surface area contributed by atoms with E-state index >= 15 is 0 Å². The van der Waals surface area contributed by atoms with Gasteiger partial charge >= 0.3 is 0 Å². The van der Waals surface area contributed by atoms with Gasteiger partial charge in [0.2, 0.25) is 0 Å². The first-order chi connectivity index (χ1) is 25.8. The summed E-state index contributed by atoms with van der Waals surface area (Å²) >= 11 is 0. The maximum Gasteiger partial charge on any atom is 0.0780 e. The molecular weight excluding hydrogens is 627 g/mol. The number of aromatic nitrogens is 1. The molecule has 9 aromatic carbocycles. The molecule has 0 saturated carbocycles. The number of rotatable bonds is 5. The molecule has 0 unspecified atom stereocenters. The second-order valence-corrected chi connectivity index (χ2v) is 13.6. The van der Waals surface area contributed by atoms with Crippen molar-refractivity contribution in [3.05, 3.63) is 200 Å². The highest BCUT2D eigenvalue weighted by Crippen LogP contribution is 2.43. The average Bonchev–Trinajstić information content (AvgIpc) is 3.22. The lowest BCUT2D eigenvalue weighted by Gasteiger charge is -2.17. The zero-order chi connectivity index (χ0) is 34.4. The Bertz CT molecular complexity index is 2970. The SMILES string of the molecule is c1cc(-c2cccc(-c3ccc(-c4ccc5ccccc5c4)c4cccc(-c5ccc6ccccc6c5)c34)c2)cc(-c2nccc3ccccc23)c1.